The van der Waals surface area contributed by atoms with Gasteiger partial charge in [0, 0.05) is 97.4 Å². The maximum atomic E-state index is 15.4. The van der Waals surface area contributed by atoms with Gasteiger partial charge in [0.2, 0.25) is 5.91 Å². The number of fused-ring (bicyclic) bond motifs is 6. The molecule has 11 N–H and O–H groups in total. The summed E-state index contributed by atoms with van der Waals surface area (Å²) in [5.74, 6) is -7.47. The predicted molar refractivity (Wildman–Crippen MR) is 289 cm³/mol. The highest BCUT2D eigenvalue weighted by molar-refractivity contribution is 5.94. The summed E-state index contributed by atoms with van der Waals surface area (Å²) in [6.45, 7) is 11.6. The van der Waals surface area contributed by atoms with E-state index in [1.165, 1.54) is 19.6 Å². The number of aliphatic hydroxyl groups is 5. The zero-order valence-corrected chi connectivity index (χ0v) is 46.5. The molecule has 1 amide bonds. The van der Waals surface area contributed by atoms with E-state index in [9.17, 15) is 33.9 Å². The molecule has 1 aliphatic carbocycles. The first kappa shape index (κ1) is 61.7. The van der Waals surface area contributed by atoms with Crippen LogP contribution in [0.5, 0.6) is 5.75 Å². The predicted octanol–water partition coefficient (Wildman–Crippen LogP) is 1.29. The Labute approximate surface area is 467 Å². The van der Waals surface area contributed by atoms with Crippen LogP contribution in [0.3, 0.4) is 0 Å². The molecular formula is C57H75N5O19. The van der Waals surface area contributed by atoms with Crippen molar-refractivity contribution in [2.24, 2.45) is 11.3 Å². The number of aromatic nitrogens is 1. The number of carbonyl (C=O) groups is 7. The number of anilines is 1. The highest BCUT2D eigenvalue weighted by atomic mass is 16.6. The number of H-pyrrole nitrogens is 1. The number of ether oxygens (including phenoxy) is 3. The van der Waals surface area contributed by atoms with Crippen molar-refractivity contribution < 1.29 is 93.7 Å². The van der Waals surface area contributed by atoms with Gasteiger partial charge in [0.05, 0.1) is 26.8 Å². The van der Waals surface area contributed by atoms with E-state index in [-0.39, 0.29) is 30.4 Å². The van der Waals surface area contributed by atoms with Crippen LogP contribution in [0.25, 0.3) is 10.9 Å². The Kier molecular flexibility index (Phi) is 18.5. The Hall–Kier alpha value is -6.93. The van der Waals surface area contributed by atoms with Gasteiger partial charge in [0.15, 0.2) is 24.4 Å². The molecule has 6 aliphatic rings. The number of carbonyl (C=O) groups excluding carboxylic acids is 3. The maximum Gasteiger partial charge on any atom is 0.335 e. The number of aliphatic hydroxyl groups excluding tert-OH is 4. The molecule has 1 aromatic heterocycles. The minimum Gasteiger partial charge on any atom is -0.496 e. The van der Waals surface area contributed by atoms with Crippen LogP contribution in [0.4, 0.5) is 5.69 Å². The molecule has 0 radical (unpaired) electrons. The molecule has 6 heterocycles. The zero-order valence-electron chi connectivity index (χ0n) is 46.5. The van der Waals surface area contributed by atoms with E-state index in [0.29, 0.717) is 37.9 Å². The van der Waals surface area contributed by atoms with Gasteiger partial charge < -0.3 is 75.4 Å². The van der Waals surface area contributed by atoms with E-state index >= 15 is 4.79 Å². The highest BCUT2D eigenvalue weighted by Crippen LogP contribution is 2.68. The van der Waals surface area contributed by atoms with Crippen molar-refractivity contribution in [3.8, 4) is 5.75 Å². The molecule has 13 atom stereocenters. The molecular weight excluding hydrogens is 1060 g/mol. The topological polar surface area (TPSA) is 367 Å². The van der Waals surface area contributed by atoms with Crippen LogP contribution >= 0.6 is 0 Å². The molecule has 24 nitrogen and oxygen atoms in total. The number of rotatable bonds is 16. The number of carboxylic acid groups (broad SMARTS) is 4. The third-order valence-electron chi connectivity index (χ3n) is 17.3. The van der Waals surface area contributed by atoms with Crippen molar-refractivity contribution in [1.82, 2.24) is 20.1 Å². The van der Waals surface area contributed by atoms with Crippen molar-refractivity contribution in [3.63, 3.8) is 0 Å². The molecule has 3 aromatic rings. The third kappa shape index (κ3) is 10.8. The van der Waals surface area contributed by atoms with Crippen molar-refractivity contribution >= 4 is 58.3 Å². The second-order valence-corrected chi connectivity index (χ2v) is 21.8. The lowest BCUT2D eigenvalue weighted by Crippen LogP contribution is -2.81. The summed E-state index contributed by atoms with van der Waals surface area (Å²) in [7, 11) is 5.15. The SMILES string of the molecule is CCCC(=O)NC[C@@]1(O)[C@H](OC(C)=O)[C@]2(CC)C=CCN3CC[C@@]4(c5cc([C@@]6(C(=O)OC)C[C@@H]7C=C(CC)CN(CCc8c6[nH]c6ccccc86)C7)c(OC)cc5N(C)[C@@H]14)[C@@H]32.O=C(O)C(O)C(O)C(=O)O.O=C(O)C(O)C(O)C(=O)O. The lowest BCUT2D eigenvalue weighted by Gasteiger charge is -2.64. The number of para-hydroxylation sites is 1. The highest BCUT2D eigenvalue weighted by Gasteiger charge is 2.78. The number of carboxylic acids is 4. The summed E-state index contributed by atoms with van der Waals surface area (Å²) in [6, 6.07) is 11.8. The van der Waals surface area contributed by atoms with Gasteiger partial charge in [-0.1, -0.05) is 62.8 Å². The van der Waals surface area contributed by atoms with E-state index in [1.54, 1.807) is 7.11 Å². The summed E-state index contributed by atoms with van der Waals surface area (Å²) < 4.78 is 18.8. The Bertz CT molecular complexity index is 2910. The number of esters is 2. The molecule has 5 unspecified atom stereocenters. The van der Waals surface area contributed by atoms with Gasteiger partial charge >= 0.3 is 35.8 Å². The first-order valence-corrected chi connectivity index (χ1v) is 27.1. The van der Waals surface area contributed by atoms with Crippen molar-refractivity contribution in [2.45, 2.75) is 132 Å². The molecule has 2 fully saturated rings. The van der Waals surface area contributed by atoms with Crippen LogP contribution in [0.1, 0.15) is 88.6 Å². The fourth-order valence-corrected chi connectivity index (χ4v) is 14.1. The van der Waals surface area contributed by atoms with Gasteiger partial charge in [0.25, 0.3) is 0 Å². The second kappa shape index (κ2) is 24.3. The molecule has 9 rings (SSSR count). The molecule has 1 spiro atoms. The van der Waals surface area contributed by atoms with Gasteiger partial charge in [-0.25, -0.2) is 19.2 Å². The Morgan fingerprint density at radius 1 is 0.852 bits per heavy atom. The summed E-state index contributed by atoms with van der Waals surface area (Å²) in [6.07, 6.45) is 1.10. The molecule has 1 saturated heterocycles. The van der Waals surface area contributed by atoms with Crippen molar-refractivity contribution in [3.05, 3.63) is 82.6 Å². The maximum absolute atomic E-state index is 15.4. The molecule has 2 bridgehead atoms. The van der Waals surface area contributed by atoms with Crippen LogP contribution in [0.15, 0.2) is 60.2 Å². The number of aromatic amines is 1. The van der Waals surface area contributed by atoms with E-state index in [0.717, 1.165) is 84.5 Å². The first-order valence-electron chi connectivity index (χ1n) is 27.1. The average molecular weight is 1130 g/mol. The molecule has 5 aliphatic heterocycles. The lowest BCUT2D eigenvalue weighted by molar-refractivity contribution is -0.217. The third-order valence-corrected chi connectivity index (χ3v) is 17.3. The van der Waals surface area contributed by atoms with Crippen LogP contribution in [-0.4, -0.2) is 211 Å². The summed E-state index contributed by atoms with van der Waals surface area (Å²) in [5, 5.41) is 83.0. The summed E-state index contributed by atoms with van der Waals surface area (Å²) >= 11 is 0. The minimum atomic E-state index is -2.27. The van der Waals surface area contributed by atoms with E-state index in [4.69, 9.17) is 55.1 Å². The standard InChI is InChI=1S/C49H63N5O7.2C4H6O6/c1-8-14-40(56)50-29-49(58)43-47(19-22-54-20-13-18-46(10-3,42(47)54)44(49)61-30(4)55)35-24-36(39(59-6)25-38(35)52(43)5)48(45(57)60-7)26-32-23-31(9-2)27-53(28-32)21-17-34-33-15-11-12-16-37(33)51-41(34)48;2*5-1(3(7)8)2(6)4(9)10/h11-13,15-16,18,23-25,32,42-44,51,58H,8-10,14,17,19-22,26-29H2,1-7H3,(H,50,56);2*1-2,5-6H,(H,7,8)(H,9,10)/t32-,42-,43+,44+,46+,47+,48-,49-;;/m0../s1. The number of nitrogens with zero attached hydrogens (tertiary/aromatic N) is 3. The summed E-state index contributed by atoms with van der Waals surface area (Å²) in [5.41, 5.74) is 2.36. The van der Waals surface area contributed by atoms with Crippen molar-refractivity contribution in [1.29, 1.82) is 0 Å². The Morgan fingerprint density at radius 3 is 2.04 bits per heavy atom. The Balaban J connectivity index is 0.000000403. The van der Waals surface area contributed by atoms with E-state index < -0.39 is 88.3 Å². The van der Waals surface area contributed by atoms with Gasteiger partial charge in [-0.05, 0) is 74.2 Å². The number of hydrogen-bond donors (Lipinski definition) is 11. The van der Waals surface area contributed by atoms with Crippen LogP contribution in [0, 0.1) is 11.3 Å². The van der Waals surface area contributed by atoms with E-state index in [2.05, 4.69) is 87.4 Å². The van der Waals surface area contributed by atoms with Gasteiger partial charge in [-0.15, -0.1) is 0 Å². The van der Waals surface area contributed by atoms with E-state index in [1.807, 2.05) is 20.0 Å². The number of methoxy groups -OCH3 is 2. The molecule has 1 saturated carbocycles. The largest absolute Gasteiger partial charge is 0.496 e. The number of hydrogen-bond acceptors (Lipinski definition) is 18. The van der Waals surface area contributed by atoms with Gasteiger partial charge in [0.1, 0.15) is 22.9 Å². The number of benzene rings is 2. The number of aliphatic carboxylic acids is 4. The molecule has 24 heteroatoms. The minimum absolute atomic E-state index is 0.0425. The fourth-order valence-electron chi connectivity index (χ4n) is 14.1. The fraction of sp³-hybridized carbons (Fsp3) is 0.561. The van der Waals surface area contributed by atoms with Crippen LogP contribution in [-0.2, 0) is 60.3 Å². The second-order valence-electron chi connectivity index (χ2n) is 21.8. The van der Waals surface area contributed by atoms with Gasteiger partial charge in [-0.2, -0.15) is 0 Å². The quantitative estimate of drug-likeness (QED) is 0.0711. The van der Waals surface area contributed by atoms with Crippen molar-refractivity contribution in [2.75, 3.05) is 65.4 Å². The molecule has 81 heavy (non-hydrogen) atoms. The smallest absolute Gasteiger partial charge is 0.335 e. The lowest BCUT2D eigenvalue weighted by atomic mass is 9.47. The first-order chi connectivity index (χ1) is 38.3. The van der Waals surface area contributed by atoms with Gasteiger partial charge in [-0.3, -0.25) is 24.2 Å². The van der Waals surface area contributed by atoms with Crippen LogP contribution < -0.4 is 15.0 Å². The van der Waals surface area contributed by atoms with Crippen LogP contribution in [0.2, 0.25) is 0 Å². The molecule has 442 valence electrons. The molecule has 2 aromatic carbocycles. The number of nitrogens with one attached hydrogen (secondary N) is 2. The monoisotopic (exact) mass is 1130 g/mol. The normalized spacial score (nSPS) is 29.2. The average Bonchev–Trinajstić information content (AvgIpc) is 4.16. The summed E-state index contributed by atoms with van der Waals surface area (Å²) in [4.78, 5) is 91.9. The Morgan fingerprint density at radius 2 is 1.48 bits per heavy atom. The zero-order chi connectivity index (χ0) is 59.7. The number of amides is 1. The number of likely N-dealkylation sites (N-methyl/N-ethyl adjacent to an activating group) is 1.